The van der Waals surface area contributed by atoms with Crippen LogP contribution in [0.1, 0.15) is 25.3 Å². The van der Waals surface area contributed by atoms with Crippen molar-refractivity contribution in [2.45, 2.75) is 26.3 Å². The van der Waals surface area contributed by atoms with Gasteiger partial charge in [0.1, 0.15) is 0 Å². The van der Waals surface area contributed by atoms with Crippen LogP contribution in [0.2, 0.25) is 0 Å². The maximum absolute atomic E-state index is 12.4. The lowest BCUT2D eigenvalue weighted by Crippen LogP contribution is -2.41. The highest BCUT2D eigenvalue weighted by Crippen LogP contribution is 2.51. The van der Waals surface area contributed by atoms with E-state index in [0.29, 0.717) is 18.4 Å². The molecular weight excluding hydrogens is 222 g/mol. The molecule has 1 aromatic carbocycles. The predicted molar refractivity (Wildman–Crippen MR) is 71.7 cm³/mol. The Balaban J connectivity index is 1.64. The van der Waals surface area contributed by atoms with Crippen molar-refractivity contribution in [1.82, 2.24) is 5.32 Å². The Hall–Kier alpha value is -1.57. The van der Waals surface area contributed by atoms with E-state index >= 15 is 0 Å². The number of amides is 1. The van der Waals surface area contributed by atoms with Gasteiger partial charge in [-0.15, -0.1) is 0 Å². The standard InChI is InChI=1S/C16H19NO/c1-16(10-13-7-8-14(16)9-13)15(18)17-11-12-5-3-2-4-6-12/h2-8,13-14H,9-11H2,1H3,(H,17,18)/t13-,14-,16-/m0/s1. The molecule has 2 bridgehead atoms. The molecule has 94 valence electrons. The van der Waals surface area contributed by atoms with Crippen molar-refractivity contribution in [2.75, 3.05) is 0 Å². The molecule has 1 N–H and O–H groups in total. The smallest absolute Gasteiger partial charge is 0.226 e. The van der Waals surface area contributed by atoms with E-state index in [-0.39, 0.29) is 11.3 Å². The molecule has 0 spiro atoms. The van der Waals surface area contributed by atoms with Gasteiger partial charge in [-0.25, -0.2) is 0 Å². The van der Waals surface area contributed by atoms with Gasteiger partial charge in [0.15, 0.2) is 0 Å². The molecule has 0 heterocycles. The van der Waals surface area contributed by atoms with Crippen molar-refractivity contribution in [3.8, 4) is 0 Å². The Morgan fingerprint density at radius 3 is 2.72 bits per heavy atom. The van der Waals surface area contributed by atoms with Crippen molar-refractivity contribution in [2.24, 2.45) is 17.3 Å². The molecule has 0 aromatic heterocycles. The first-order chi connectivity index (χ1) is 8.68. The second-order valence-corrected chi connectivity index (χ2v) is 5.78. The van der Waals surface area contributed by atoms with E-state index in [1.54, 1.807) is 0 Å². The highest BCUT2D eigenvalue weighted by molar-refractivity contribution is 5.83. The number of carbonyl (C=O) groups is 1. The van der Waals surface area contributed by atoms with Crippen LogP contribution in [0.3, 0.4) is 0 Å². The minimum atomic E-state index is -0.186. The van der Waals surface area contributed by atoms with Gasteiger partial charge in [-0.3, -0.25) is 4.79 Å². The van der Waals surface area contributed by atoms with Crippen LogP contribution < -0.4 is 5.32 Å². The van der Waals surface area contributed by atoms with Crippen molar-refractivity contribution >= 4 is 5.91 Å². The van der Waals surface area contributed by atoms with Gasteiger partial charge in [0.05, 0.1) is 5.41 Å². The fourth-order valence-corrected chi connectivity index (χ4v) is 3.34. The van der Waals surface area contributed by atoms with E-state index in [2.05, 4.69) is 24.4 Å². The second kappa shape index (κ2) is 4.27. The number of allylic oxidation sites excluding steroid dienone is 2. The number of nitrogens with one attached hydrogen (secondary N) is 1. The lowest BCUT2D eigenvalue weighted by atomic mass is 9.77. The summed E-state index contributed by atoms with van der Waals surface area (Å²) in [4.78, 5) is 12.4. The average Bonchev–Trinajstić information content (AvgIpc) is 2.97. The van der Waals surface area contributed by atoms with Gasteiger partial charge >= 0.3 is 0 Å². The van der Waals surface area contributed by atoms with E-state index in [4.69, 9.17) is 0 Å². The lowest BCUT2D eigenvalue weighted by Gasteiger charge is -2.29. The molecule has 1 aromatic rings. The molecule has 2 nitrogen and oxygen atoms in total. The Labute approximate surface area is 108 Å². The van der Waals surface area contributed by atoms with Crippen LogP contribution in [-0.4, -0.2) is 5.91 Å². The minimum Gasteiger partial charge on any atom is -0.352 e. The summed E-state index contributed by atoms with van der Waals surface area (Å²) >= 11 is 0. The third-order valence-electron chi connectivity index (χ3n) is 4.49. The Morgan fingerprint density at radius 1 is 1.33 bits per heavy atom. The quantitative estimate of drug-likeness (QED) is 0.810. The van der Waals surface area contributed by atoms with Crippen molar-refractivity contribution in [3.63, 3.8) is 0 Å². The molecule has 0 aliphatic heterocycles. The van der Waals surface area contributed by atoms with Gasteiger partial charge < -0.3 is 5.32 Å². The number of hydrogen-bond donors (Lipinski definition) is 1. The average molecular weight is 241 g/mol. The number of fused-ring (bicyclic) bond motifs is 2. The van der Waals surface area contributed by atoms with Crippen LogP contribution >= 0.6 is 0 Å². The largest absolute Gasteiger partial charge is 0.352 e. The Kier molecular flexibility index (Phi) is 2.73. The summed E-state index contributed by atoms with van der Waals surface area (Å²) in [6.45, 7) is 2.75. The van der Waals surface area contributed by atoms with Crippen molar-refractivity contribution in [3.05, 3.63) is 48.0 Å². The van der Waals surface area contributed by atoms with Gasteiger partial charge in [0.25, 0.3) is 0 Å². The predicted octanol–water partition coefficient (Wildman–Crippen LogP) is 2.91. The highest BCUT2D eigenvalue weighted by atomic mass is 16.2. The molecule has 0 saturated heterocycles. The Morgan fingerprint density at radius 2 is 2.11 bits per heavy atom. The maximum Gasteiger partial charge on any atom is 0.226 e. The first-order valence-corrected chi connectivity index (χ1v) is 6.69. The molecule has 2 aliphatic carbocycles. The van der Waals surface area contributed by atoms with E-state index in [9.17, 15) is 4.79 Å². The van der Waals surface area contributed by atoms with Crippen molar-refractivity contribution in [1.29, 1.82) is 0 Å². The van der Waals surface area contributed by atoms with Crippen LogP contribution in [0, 0.1) is 17.3 Å². The molecule has 0 radical (unpaired) electrons. The third-order valence-corrected chi connectivity index (χ3v) is 4.49. The molecule has 3 rings (SSSR count). The van der Waals surface area contributed by atoms with Crippen LogP contribution in [0.4, 0.5) is 0 Å². The molecule has 2 aliphatic rings. The topological polar surface area (TPSA) is 29.1 Å². The molecule has 2 heteroatoms. The maximum atomic E-state index is 12.4. The number of rotatable bonds is 3. The first kappa shape index (κ1) is 11.5. The number of carbonyl (C=O) groups excluding carboxylic acids is 1. The molecule has 0 unspecified atom stereocenters. The third kappa shape index (κ3) is 1.86. The van der Waals surface area contributed by atoms with Crippen molar-refractivity contribution < 1.29 is 4.79 Å². The van der Waals surface area contributed by atoms with Crippen LogP contribution in [0.15, 0.2) is 42.5 Å². The van der Waals surface area contributed by atoms with E-state index in [0.717, 1.165) is 18.4 Å². The van der Waals surface area contributed by atoms with Gasteiger partial charge in [-0.1, -0.05) is 49.4 Å². The summed E-state index contributed by atoms with van der Waals surface area (Å²) in [5, 5.41) is 3.09. The van der Waals surface area contributed by atoms with Crippen LogP contribution in [-0.2, 0) is 11.3 Å². The van der Waals surface area contributed by atoms with Crippen LogP contribution in [0.5, 0.6) is 0 Å². The first-order valence-electron chi connectivity index (χ1n) is 6.69. The van der Waals surface area contributed by atoms with Gasteiger partial charge in [-0.05, 0) is 30.2 Å². The highest BCUT2D eigenvalue weighted by Gasteiger charge is 2.49. The lowest BCUT2D eigenvalue weighted by molar-refractivity contribution is -0.131. The van der Waals surface area contributed by atoms with Gasteiger partial charge in [0, 0.05) is 6.54 Å². The summed E-state index contributed by atoms with van der Waals surface area (Å²) in [6, 6.07) is 10.1. The summed E-state index contributed by atoms with van der Waals surface area (Å²) in [6.07, 6.45) is 6.68. The Bertz CT molecular complexity index is 479. The molecule has 1 amide bonds. The molecule has 18 heavy (non-hydrogen) atoms. The molecule has 1 saturated carbocycles. The second-order valence-electron chi connectivity index (χ2n) is 5.78. The van der Waals surface area contributed by atoms with E-state index < -0.39 is 0 Å². The van der Waals surface area contributed by atoms with Gasteiger partial charge in [0.2, 0.25) is 5.91 Å². The van der Waals surface area contributed by atoms with E-state index in [1.165, 1.54) is 0 Å². The van der Waals surface area contributed by atoms with Gasteiger partial charge in [-0.2, -0.15) is 0 Å². The summed E-state index contributed by atoms with van der Waals surface area (Å²) < 4.78 is 0. The zero-order valence-corrected chi connectivity index (χ0v) is 10.7. The number of benzene rings is 1. The summed E-state index contributed by atoms with van der Waals surface area (Å²) in [7, 11) is 0. The molecule has 1 fully saturated rings. The fourth-order valence-electron chi connectivity index (χ4n) is 3.34. The monoisotopic (exact) mass is 241 g/mol. The minimum absolute atomic E-state index is 0.186. The molecule has 3 atom stereocenters. The summed E-state index contributed by atoms with van der Waals surface area (Å²) in [5.74, 6) is 1.28. The SMILES string of the molecule is C[C@]1(C(=O)NCc2ccccc2)C[C@H]2C=C[C@H]1C2. The summed E-state index contributed by atoms with van der Waals surface area (Å²) in [5.41, 5.74) is 0.974. The zero-order chi connectivity index (χ0) is 12.6. The zero-order valence-electron chi connectivity index (χ0n) is 10.7. The molecular formula is C16H19NO. The normalized spacial score (nSPS) is 32.7. The number of hydrogen-bond acceptors (Lipinski definition) is 1. The van der Waals surface area contributed by atoms with Crippen LogP contribution in [0.25, 0.3) is 0 Å². The fraction of sp³-hybridized carbons (Fsp3) is 0.438. The van der Waals surface area contributed by atoms with E-state index in [1.807, 2.05) is 30.3 Å².